The van der Waals surface area contributed by atoms with Crippen molar-refractivity contribution in [3.8, 4) is 0 Å². The number of carbonyl (C=O) groups excluding carboxylic acids is 2. The maximum atomic E-state index is 11.3. The molecule has 0 spiro atoms. The topological polar surface area (TPSA) is 129 Å². The summed E-state index contributed by atoms with van der Waals surface area (Å²) in [6.07, 6.45) is 0. The second-order valence-corrected chi connectivity index (χ2v) is 32.3. The number of amidine groups is 2. The van der Waals surface area contributed by atoms with Gasteiger partial charge in [-0.1, -0.05) is 87.8 Å². The number of carboxylic acids is 2. The van der Waals surface area contributed by atoms with Crippen molar-refractivity contribution < 1.29 is 66.3 Å². The first-order valence-electron chi connectivity index (χ1n) is 13.4. The fraction of sp³-hybridized carbons (Fsp3) is 0.429. The number of benzene rings is 2. The van der Waals surface area contributed by atoms with E-state index in [0.29, 0.717) is 22.8 Å². The number of nitrogens with zero attached hydrogens (tertiary/aromatic N) is 2. The van der Waals surface area contributed by atoms with Crippen LogP contribution >= 0.6 is 0 Å². The normalized spacial score (nSPS) is 12.3. The summed E-state index contributed by atoms with van der Waals surface area (Å²) in [6, 6.07) is 13.8. The molecule has 0 unspecified atom stereocenters. The minimum atomic E-state index is -1.73. The van der Waals surface area contributed by atoms with Gasteiger partial charge in [-0.15, -0.1) is 0 Å². The van der Waals surface area contributed by atoms with Crippen molar-refractivity contribution in [2.24, 2.45) is 9.32 Å². The van der Waals surface area contributed by atoms with Gasteiger partial charge in [-0.2, -0.15) is 0 Å². The van der Waals surface area contributed by atoms with Crippen molar-refractivity contribution in [3.63, 3.8) is 0 Å². The van der Waals surface area contributed by atoms with E-state index in [1.54, 1.807) is 36.4 Å². The van der Waals surface area contributed by atoms with Gasteiger partial charge in [0, 0.05) is 22.3 Å². The number of rotatable bonds is 8. The summed E-state index contributed by atoms with van der Waals surface area (Å²) in [5.41, 5.74) is 1.63. The average Bonchev–Trinajstić information content (AvgIpc) is 2.75. The first kappa shape index (κ1) is 45.9. The Bertz CT molecular complexity index is 1170. The summed E-state index contributed by atoms with van der Waals surface area (Å²) in [5, 5.41) is 22.6. The van der Waals surface area contributed by atoms with E-state index in [1.807, 2.05) is 12.1 Å². The van der Waals surface area contributed by atoms with Gasteiger partial charge in [0.05, 0.1) is 11.9 Å². The molecule has 0 aromatic heterocycles. The molecule has 236 valence electrons. The molecule has 0 fully saturated rings. The number of carboxylic acid groups (broad SMARTS) is 2. The Hall–Kier alpha value is -1.52. The zero-order valence-electron chi connectivity index (χ0n) is 27.4. The van der Waals surface area contributed by atoms with Gasteiger partial charge in [0.2, 0.25) is 0 Å². The molecule has 15 heteroatoms. The molecule has 43 heavy (non-hydrogen) atoms. The van der Waals surface area contributed by atoms with Crippen LogP contribution in [0.2, 0.25) is 78.6 Å². The van der Waals surface area contributed by atoms with Gasteiger partial charge in [-0.05, 0) is 39.3 Å². The maximum absolute atomic E-state index is 11.3. The van der Waals surface area contributed by atoms with Gasteiger partial charge in [-0.25, -0.2) is 0 Å². The van der Waals surface area contributed by atoms with Crippen LogP contribution < -0.4 is 45.0 Å². The molecule has 0 bridgehead atoms. The number of hydrogen-bond acceptors (Lipinski definition) is 6. The Morgan fingerprint density at radius 3 is 0.953 bits per heavy atom. The molecule has 0 amide bonds. The van der Waals surface area contributed by atoms with Crippen LogP contribution in [0.25, 0.3) is 0 Å². The van der Waals surface area contributed by atoms with E-state index in [2.05, 4.69) is 88.5 Å². The largest absolute Gasteiger partial charge is 4.00 e. The van der Waals surface area contributed by atoms with Crippen molar-refractivity contribution in [1.82, 2.24) is 9.96 Å². The molecule has 0 saturated carbocycles. The van der Waals surface area contributed by atoms with Gasteiger partial charge >= 0.3 is 21.7 Å². The third kappa shape index (κ3) is 18.8. The van der Waals surface area contributed by atoms with E-state index in [1.165, 1.54) is 0 Å². The second kappa shape index (κ2) is 18.5. The number of hydrogen-bond donors (Lipinski definition) is 2. The van der Waals surface area contributed by atoms with E-state index >= 15 is 0 Å². The number of nitrogens with one attached hydrogen (secondary N) is 2. The van der Waals surface area contributed by atoms with E-state index < -0.39 is 44.9 Å². The second-order valence-electron chi connectivity index (χ2n) is 13.7. The van der Waals surface area contributed by atoms with E-state index in [4.69, 9.17) is 9.32 Å². The molecule has 0 aliphatic carbocycles. The van der Waals surface area contributed by atoms with Gasteiger partial charge in [0.1, 0.15) is 28.1 Å². The standard InChI is InChI=1S/2C14H24N2O2Si2.2ClH.Ti/c2*1-19(2,3)15-13(16-20(4,5)6)11-9-7-8-10-12(11)14(17)18;;;/h2*7-10H,1-6H3,(H,15,16)(H,17,18);2*1H;/q;;;;+4/p-4. The maximum Gasteiger partial charge on any atom is 4.00 e. The fourth-order valence-electron chi connectivity index (χ4n) is 3.43. The number of aromatic carboxylic acids is 2. The van der Waals surface area contributed by atoms with Crippen molar-refractivity contribution >= 4 is 56.6 Å². The van der Waals surface area contributed by atoms with Gasteiger partial charge in [0.25, 0.3) is 0 Å². The smallest absolute Gasteiger partial charge is 1.00 e. The molecule has 2 aromatic rings. The van der Waals surface area contributed by atoms with E-state index in [0.717, 1.165) is 0 Å². The molecular formula is C28H46Cl2N4O4Si4Ti. The Labute approximate surface area is 289 Å². The molecule has 2 aromatic carbocycles. The summed E-state index contributed by atoms with van der Waals surface area (Å²) in [7, 11) is -6.72. The van der Waals surface area contributed by atoms with Crippen LogP contribution in [0.5, 0.6) is 0 Å². The molecular weight excluding hydrogens is 687 g/mol. The zero-order valence-corrected chi connectivity index (χ0v) is 34.5. The van der Waals surface area contributed by atoms with Crippen LogP contribution in [-0.2, 0) is 21.7 Å². The third-order valence-electron chi connectivity index (χ3n) is 4.69. The Kier molecular flexibility index (Phi) is 19.7. The summed E-state index contributed by atoms with van der Waals surface area (Å²) < 4.78 is 9.59. The SMILES string of the molecule is C[Si](C)(C)N=C(N[Si](C)(C)C)c1ccccc1C(=O)[O-].C[Si](C)(C)N=C(N[Si](C)(C)C)c1ccccc1C(=O)[O-].[Cl-].[Cl-].[Ti+4]. The summed E-state index contributed by atoms with van der Waals surface area (Å²) >= 11 is 0. The average molecular weight is 734 g/mol. The molecule has 8 nitrogen and oxygen atoms in total. The zero-order chi connectivity index (χ0) is 31.1. The minimum Gasteiger partial charge on any atom is -1.00 e. The summed E-state index contributed by atoms with van der Waals surface area (Å²) in [5.74, 6) is -0.936. The Morgan fingerprint density at radius 2 is 0.767 bits per heavy atom. The molecule has 0 aliphatic heterocycles. The van der Waals surface area contributed by atoms with Crippen LogP contribution in [0.4, 0.5) is 0 Å². The molecule has 0 atom stereocenters. The quantitative estimate of drug-likeness (QED) is 0.186. The third-order valence-corrected chi connectivity index (χ3v) is 8.45. The first-order valence-corrected chi connectivity index (χ1v) is 27.3. The van der Waals surface area contributed by atoms with Crippen LogP contribution in [0.3, 0.4) is 0 Å². The molecule has 0 radical (unpaired) electrons. The Balaban J connectivity index is -0.000000696. The van der Waals surface area contributed by atoms with Crippen LogP contribution in [0.15, 0.2) is 57.8 Å². The molecule has 0 aliphatic rings. The number of halogens is 2. The monoisotopic (exact) mass is 732 g/mol. The van der Waals surface area contributed by atoms with Gasteiger partial charge < -0.3 is 63.9 Å². The van der Waals surface area contributed by atoms with E-state index in [-0.39, 0.29) is 57.7 Å². The predicted molar refractivity (Wildman–Crippen MR) is 174 cm³/mol. The molecule has 0 heterocycles. The van der Waals surface area contributed by atoms with Gasteiger partial charge in [-0.3, -0.25) is 0 Å². The predicted octanol–water partition coefficient (Wildman–Crippen LogP) is -1.88. The van der Waals surface area contributed by atoms with Gasteiger partial charge in [0.15, 0.2) is 16.5 Å². The van der Waals surface area contributed by atoms with Crippen LogP contribution in [0.1, 0.15) is 31.8 Å². The fourth-order valence-corrected chi connectivity index (χ4v) is 7.15. The number of carbonyl (C=O) groups is 2. The van der Waals surface area contributed by atoms with Crippen molar-refractivity contribution in [3.05, 3.63) is 70.8 Å². The first-order chi connectivity index (χ1) is 18.0. The molecule has 0 saturated heterocycles. The van der Waals surface area contributed by atoms with Crippen molar-refractivity contribution in [2.45, 2.75) is 78.6 Å². The van der Waals surface area contributed by atoms with Crippen molar-refractivity contribution in [1.29, 1.82) is 0 Å². The van der Waals surface area contributed by atoms with E-state index in [9.17, 15) is 19.8 Å². The molecule has 2 rings (SSSR count). The van der Waals surface area contributed by atoms with Crippen molar-refractivity contribution in [2.75, 3.05) is 0 Å². The van der Waals surface area contributed by atoms with Crippen LogP contribution in [-0.4, -0.2) is 56.6 Å². The molecule has 2 N–H and O–H groups in total. The Morgan fingerprint density at radius 1 is 0.535 bits per heavy atom. The summed E-state index contributed by atoms with van der Waals surface area (Å²) in [6.45, 7) is 25.7. The minimum absolute atomic E-state index is 0. The van der Waals surface area contributed by atoms with Crippen LogP contribution in [0, 0.1) is 0 Å². The summed E-state index contributed by atoms with van der Waals surface area (Å²) in [4.78, 5) is 29.5.